The zero-order valence-corrected chi connectivity index (χ0v) is 13.6. The molecule has 0 amide bonds. The minimum absolute atomic E-state index is 0.540. The SMILES string of the molecule is COCCc1noc(CN2CCCn3nc([C@H](C)O)cc3C2)n1. The average Bonchev–Trinajstić information content (AvgIpc) is 3.08. The van der Waals surface area contributed by atoms with E-state index in [1.54, 1.807) is 14.0 Å². The molecule has 2 aromatic rings. The average molecular weight is 321 g/mol. The molecule has 0 spiro atoms. The zero-order chi connectivity index (χ0) is 16.2. The highest BCUT2D eigenvalue weighted by atomic mass is 16.5. The van der Waals surface area contributed by atoms with Gasteiger partial charge in [0.2, 0.25) is 5.89 Å². The van der Waals surface area contributed by atoms with E-state index in [0.717, 1.165) is 37.4 Å². The van der Waals surface area contributed by atoms with E-state index in [4.69, 9.17) is 9.26 Å². The van der Waals surface area contributed by atoms with Crippen LogP contribution in [0.5, 0.6) is 0 Å². The third-order valence-electron chi connectivity index (χ3n) is 3.94. The van der Waals surface area contributed by atoms with Gasteiger partial charge >= 0.3 is 0 Å². The summed E-state index contributed by atoms with van der Waals surface area (Å²) in [6.45, 7) is 5.51. The van der Waals surface area contributed by atoms with Crippen LogP contribution in [0.1, 0.15) is 42.6 Å². The smallest absolute Gasteiger partial charge is 0.240 e. The first-order chi connectivity index (χ1) is 11.2. The fraction of sp³-hybridized carbons (Fsp3) is 0.667. The van der Waals surface area contributed by atoms with Gasteiger partial charge in [-0.3, -0.25) is 9.58 Å². The number of aliphatic hydroxyl groups is 1. The molecule has 8 nitrogen and oxygen atoms in total. The fourth-order valence-corrected chi connectivity index (χ4v) is 2.73. The first kappa shape index (κ1) is 16.1. The van der Waals surface area contributed by atoms with Crippen LogP contribution in [-0.2, 0) is 30.8 Å². The molecule has 0 fully saturated rings. The molecule has 126 valence electrons. The van der Waals surface area contributed by atoms with Gasteiger partial charge in [0.25, 0.3) is 0 Å². The standard InChI is InChI=1S/C15H23N5O3/c1-11(21)13-8-12-9-19(5-3-6-20(12)17-13)10-15-16-14(18-23-15)4-7-22-2/h8,11,21H,3-7,9-10H2,1-2H3/t11-/m0/s1. The van der Waals surface area contributed by atoms with Gasteiger partial charge in [-0.1, -0.05) is 5.16 Å². The minimum Gasteiger partial charge on any atom is -0.387 e. The monoisotopic (exact) mass is 321 g/mol. The highest BCUT2D eigenvalue weighted by Gasteiger charge is 2.20. The molecule has 0 aromatic carbocycles. The first-order valence-electron chi connectivity index (χ1n) is 7.93. The summed E-state index contributed by atoms with van der Waals surface area (Å²) in [5.74, 6) is 1.30. The van der Waals surface area contributed by atoms with Crippen molar-refractivity contribution in [1.29, 1.82) is 0 Å². The van der Waals surface area contributed by atoms with E-state index in [1.807, 2.05) is 10.7 Å². The Morgan fingerprint density at radius 2 is 2.30 bits per heavy atom. The maximum Gasteiger partial charge on any atom is 0.240 e. The molecule has 0 saturated carbocycles. The molecule has 0 radical (unpaired) electrons. The van der Waals surface area contributed by atoms with Crippen molar-refractivity contribution < 1.29 is 14.4 Å². The van der Waals surface area contributed by atoms with Gasteiger partial charge in [0.05, 0.1) is 30.6 Å². The van der Waals surface area contributed by atoms with Crippen molar-refractivity contribution in [2.75, 3.05) is 20.3 Å². The second-order valence-corrected chi connectivity index (χ2v) is 5.87. The maximum absolute atomic E-state index is 9.69. The van der Waals surface area contributed by atoms with Crippen LogP contribution in [0.15, 0.2) is 10.6 Å². The van der Waals surface area contributed by atoms with Gasteiger partial charge < -0.3 is 14.4 Å². The summed E-state index contributed by atoms with van der Waals surface area (Å²) in [5, 5.41) is 18.1. The van der Waals surface area contributed by atoms with Gasteiger partial charge in [0, 0.05) is 33.2 Å². The van der Waals surface area contributed by atoms with Gasteiger partial charge in [-0.2, -0.15) is 10.1 Å². The Morgan fingerprint density at radius 1 is 1.43 bits per heavy atom. The summed E-state index contributed by atoms with van der Waals surface area (Å²) >= 11 is 0. The number of hydrogen-bond acceptors (Lipinski definition) is 7. The van der Waals surface area contributed by atoms with Gasteiger partial charge in [0.15, 0.2) is 5.82 Å². The maximum atomic E-state index is 9.69. The Labute approximate surface area is 135 Å². The summed E-state index contributed by atoms with van der Waals surface area (Å²) in [6, 6.07) is 1.97. The van der Waals surface area contributed by atoms with Crippen LogP contribution in [0.2, 0.25) is 0 Å². The molecule has 8 heteroatoms. The van der Waals surface area contributed by atoms with Gasteiger partial charge in [-0.25, -0.2) is 0 Å². The number of ether oxygens (including phenoxy) is 1. The van der Waals surface area contributed by atoms with Crippen LogP contribution < -0.4 is 0 Å². The number of aryl methyl sites for hydroxylation is 1. The largest absolute Gasteiger partial charge is 0.387 e. The molecule has 1 N–H and O–H groups in total. The molecular weight excluding hydrogens is 298 g/mol. The summed E-state index contributed by atoms with van der Waals surface area (Å²) in [7, 11) is 1.66. The van der Waals surface area contributed by atoms with Crippen molar-refractivity contribution in [1.82, 2.24) is 24.8 Å². The summed E-state index contributed by atoms with van der Waals surface area (Å²) < 4.78 is 12.3. The van der Waals surface area contributed by atoms with E-state index in [-0.39, 0.29) is 0 Å². The number of methoxy groups -OCH3 is 1. The molecule has 0 bridgehead atoms. The fourth-order valence-electron chi connectivity index (χ4n) is 2.73. The lowest BCUT2D eigenvalue weighted by Gasteiger charge is -2.16. The van der Waals surface area contributed by atoms with Crippen LogP contribution in [0.4, 0.5) is 0 Å². The van der Waals surface area contributed by atoms with Crippen LogP contribution in [0.25, 0.3) is 0 Å². The summed E-state index contributed by atoms with van der Waals surface area (Å²) in [5.41, 5.74) is 1.83. The molecule has 0 unspecified atom stereocenters. The molecule has 3 rings (SSSR count). The first-order valence-corrected chi connectivity index (χ1v) is 7.93. The molecule has 0 aliphatic carbocycles. The third-order valence-corrected chi connectivity index (χ3v) is 3.94. The van der Waals surface area contributed by atoms with E-state index in [9.17, 15) is 5.11 Å². The summed E-state index contributed by atoms with van der Waals surface area (Å²) in [6.07, 6.45) is 1.12. The number of rotatable bonds is 6. The Bertz CT molecular complexity index is 637. The molecular formula is C15H23N5O3. The van der Waals surface area contributed by atoms with Gasteiger partial charge in [-0.05, 0) is 19.4 Å². The third kappa shape index (κ3) is 3.95. The molecule has 3 heterocycles. The lowest BCUT2D eigenvalue weighted by Crippen LogP contribution is -2.23. The second kappa shape index (κ2) is 7.20. The Morgan fingerprint density at radius 3 is 3.09 bits per heavy atom. The van der Waals surface area contributed by atoms with Crippen molar-refractivity contribution in [3.63, 3.8) is 0 Å². The Kier molecular flexibility index (Phi) is 5.04. The van der Waals surface area contributed by atoms with Crippen molar-refractivity contribution >= 4 is 0 Å². The molecule has 1 aliphatic rings. The van der Waals surface area contributed by atoms with Crippen LogP contribution in [-0.4, -0.2) is 50.2 Å². The van der Waals surface area contributed by atoms with Crippen molar-refractivity contribution in [3.05, 3.63) is 29.2 Å². The quantitative estimate of drug-likeness (QED) is 0.846. The molecule has 23 heavy (non-hydrogen) atoms. The second-order valence-electron chi connectivity index (χ2n) is 5.87. The van der Waals surface area contributed by atoms with Gasteiger partial charge in [-0.15, -0.1) is 0 Å². The molecule has 1 aliphatic heterocycles. The van der Waals surface area contributed by atoms with Crippen molar-refractivity contribution in [3.8, 4) is 0 Å². The van der Waals surface area contributed by atoms with Gasteiger partial charge in [0.1, 0.15) is 0 Å². The lowest BCUT2D eigenvalue weighted by atomic mass is 10.2. The predicted molar refractivity (Wildman–Crippen MR) is 81.5 cm³/mol. The van der Waals surface area contributed by atoms with Crippen LogP contribution in [0, 0.1) is 0 Å². The minimum atomic E-state index is -0.540. The van der Waals surface area contributed by atoms with Crippen molar-refractivity contribution in [2.24, 2.45) is 0 Å². The van der Waals surface area contributed by atoms with E-state index >= 15 is 0 Å². The normalized spacial score (nSPS) is 17.0. The number of hydrogen-bond donors (Lipinski definition) is 1. The van der Waals surface area contributed by atoms with E-state index in [1.165, 1.54) is 0 Å². The number of aliphatic hydroxyl groups excluding tert-OH is 1. The Balaban J connectivity index is 1.65. The highest BCUT2D eigenvalue weighted by molar-refractivity contribution is 5.13. The number of fused-ring (bicyclic) bond motifs is 1. The topological polar surface area (TPSA) is 89.4 Å². The number of nitrogens with zero attached hydrogens (tertiary/aromatic N) is 5. The molecule has 0 saturated heterocycles. The van der Waals surface area contributed by atoms with Crippen LogP contribution >= 0.6 is 0 Å². The Hall–Kier alpha value is -1.77. The van der Waals surface area contributed by atoms with Crippen LogP contribution in [0.3, 0.4) is 0 Å². The highest BCUT2D eigenvalue weighted by Crippen LogP contribution is 2.19. The lowest BCUT2D eigenvalue weighted by molar-refractivity contribution is 0.192. The summed E-state index contributed by atoms with van der Waals surface area (Å²) in [4.78, 5) is 6.66. The predicted octanol–water partition coefficient (Wildman–Crippen LogP) is 0.914. The molecule has 2 aromatic heterocycles. The molecule has 1 atom stereocenters. The van der Waals surface area contributed by atoms with E-state index in [2.05, 4.69) is 20.1 Å². The number of aromatic nitrogens is 4. The van der Waals surface area contributed by atoms with E-state index in [0.29, 0.717) is 31.3 Å². The van der Waals surface area contributed by atoms with Crippen molar-refractivity contribution in [2.45, 2.75) is 45.5 Å². The zero-order valence-electron chi connectivity index (χ0n) is 13.6. The van der Waals surface area contributed by atoms with E-state index < -0.39 is 6.10 Å².